The van der Waals surface area contributed by atoms with E-state index in [9.17, 15) is 9.59 Å². The average Bonchev–Trinajstić information content (AvgIpc) is 3.06. The molecule has 0 amide bonds. The Labute approximate surface area is 146 Å². The Hall–Kier alpha value is -1.58. The summed E-state index contributed by atoms with van der Waals surface area (Å²) in [6, 6.07) is 3.22. The Balaban J connectivity index is 1.88. The molecule has 0 aromatic carbocycles. The Kier molecular flexibility index (Phi) is 11.8. The van der Waals surface area contributed by atoms with E-state index in [1.165, 1.54) is 57.8 Å². The first-order valence-electron chi connectivity index (χ1n) is 9.45. The van der Waals surface area contributed by atoms with Crippen LogP contribution in [0.3, 0.4) is 0 Å². The summed E-state index contributed by atoms with van der Waals surface area (Å²) in [6.07, 6.45) is 15.0. The van der Waals surface area contributed by atoms with Gasteiger partial charge in [0.25, 0.3) is 0 Å². The van der Waals surface area contributed by atoms with Crippen LogP contribution >= 0.6 is 0 Å². The van der Waals surface area contributed by atoms with Gasteiger partial charge in [0.1, 0.15) is 12.4 Å². The second-order valence-electron chi connectivity index (χ2n) is 6.37. The molecule has 1 heterocycles. The minimum atomic E-state index is -0.199. The lowest BCUT2D eigenvalue weighted by Crippen LogP contribution is -2.03. The molecule has 0 atom stereocenters. The molecule has 0 unspecified atom stereocenters. The summed E-state index contributed by atoms with van der Waals surface area (Å²) in [5, 5.41) is 0. The molecule has 0 bridgehead atoms. The number of aldehydes is 1. The van der Waals surface area contributed by atoms with Crippen molar-refractivity contribution >= 4 is 12.3 Å². The molecule has 0 aliphatic heterocycles. The first-order chi connectivity index (χ1) is 11.8. The molecule has 0 fully saturated rings. The van der Waals surface area contributed by atoms with Gasteiger partial charge < -0.3 is 9.15 Å². The van der Waals surface area contributed by atoms with Crippen LogP contribution in [0.4, 0.5) is 0 Å². The number of unbranched alkanes of at least 4 members (excludes halogenated alkanes) is 10. The number of carbonyl (C=O) groups excluding carboxylic acids is 2. The molecule has 0 aliphatic rings. The van der Waals surface area contributed by atoms with Crippen LogP contribution in [-0.2, 0) is 16.1 Å². The van der Waals surface area contributed by atoms with Gasteiger partial charge in [-0.2, -0.15) is 0 Å². The predicted molar refractivity (Wildman–Crippen MR) is 95.0 cm³/mol. The number of carbonyl (C=O) groups is 2. The molecule has 1 rings (SSSR count). The maximum Gasteiger partial charge on any atom is 0.306 e. The van der Waals surface area contributed by atoms with Crippen molar-refractivity contribution in [3.05, 3.63) is 23.7 Å². The number of ether oxygens (including phenoxy) is 1. The topological polar surface area (TPSA) is 56.5 Å². The van der Waals surface area contributed by atoms with Gasteiger partial charge in [0.05, 0.1) is 0 Å². The summed E-state index contributed by atoms with van der Waals surface area (Å²) >= 11 is 0. The van der Waals surface area contributed by atoms with Crippen LogP contribution in [0.25, 0.3) is 0 Å². The fraction of sp³-hybridized carbons (Fsp3) is 0.700. The van der Waals surface area contributed by atoms with Crippen molar-refractivity contribution in [1.82, 2.24) is 0 Å². The summed E-state index contributed by atoms with van der Waals surface area (Å²) in [5.41, 5.74) is 0. The monoisotopic (exact) mass is 336 g/mol. The molecule has 0 N–H and O–H groups in total. The smallest absolute Gasteiger partial charge is 0.306 e. The van der Waals surface area contributed by atoms with Crippen LogP contribution in [0.5, 0.6) is 0 Å². The molecular weight excluding hydrogens is 304 g/mol. The maximum absolute atomic E-state index is 11.6. The van der Waals surface area contributed by atoms with Crippen LogP contribution < -0.4 is 0 Å². The molecular formula is C20H32O4. The Bertz CT molecular complexity index is 450. The fourth-order valence-corrected chi connectivity index (χ4v) is 2.69. The second kappa shape index (κ2) is 13.8. The average molecular weight is 336 g/mol. The quantitative estimate of drug-likeness (QED) is 0.229. The Morgan fingerprint density at radius 1 is 0.958 bits per heavy atom. The maximum atomic E-state index is 11.6. The van der Waals surface area contributed by atoms with Crippen molar-refractivity contribution < 1.29 is 18.7 Å². The standard InChI is InChI=1S/C20H32O4/c1-2-3-4-5-6-7-8-9-10-11-12-13-20(22)23-17-19-15-14-18(16-21)24-19/h14-16H,2-13,17H2,1H3. The molecule has 0 aliphatic carbocycles. The summed E-state index contributed by atoms with van der Waals surface area (Å²) in [4.78, 5) is 22.1. The van der Waals surface area contributed by atoms with E-state index in [0.717, 1.165) is 12.8 Å². The van der Waals surface area contributed by atoms with Crippen molar-refractivity contribution in [2.45, 2.75) is 90.6 Å². The van der Waals surface area contributed by atoms with Gasteiger partial charge in [-0.25, -0.2) is 0 Å². The molecule has 0 saturated heterocycles. The van der Waals surface area contributed by atoms with E-state index in [4.69, 9.17) is 9.15 Å². The second-order valence-corrected chi connectivity index (χ2v) is 6.37. The molecule has 0 radical (unpaired) electrons. The molecule has 0 saturated carbocycles. The Morgan fingerprint density at radius 2 is 1.54 bits per heavy atom. The lowest BCUT2D eigenvalue weighted by Gasteiger charge is -2.04. The van der Waals surface area contributed by atoms with Gasteiger partial charge in [-0.3, -0.25) is 9.59 Å². The van der Waals surface area contributed by atoms with Crippen LogP contribution in [-0.4, -0.2) is 12.3 Å². The fourth-order valence-electron chi connectivity index (χ4n) is 2.69. The molecule has 136 valence electrons. The molecule has 1 aromatic heterocycles. The first-order valence-corrected chi connectivity index (χ1v) is 9.45. The highest BCUT2D eigenvalue weighted by Gasteiger charge is 2.06. The molecule has 4 nitrogen and oxygen atoms in total. The Morgan fingerprint density at radius 3 is 2.08 bits per heavy atom. The number of hydrogen-bond donors (Lipinski definition) is 0. The van der Waals surface area contributed by atoms with Crippen molar-refractivity contribution in [2.75, 3.05) is 0 Å². The van der Waals surface area contributed by atoms with E-state index >= 15 is 0 Å². The van der Waals surface area contributed by atoms with Crippen LogP contribution in [0.1, 0.15) is 100 Å². The van der Waals surface area contributed by atoms with E-state index in [1.807, 2.05) is 0 Å². The highest BCUT2D eigenvalue weighted by Crippen LogP contribution is 2.13. The number of rotatable bonds is 15. The van der Waals surface area contributed by atoms with Gasteiger partial charge in [0.2, 0.25) is 0 Å². The highest BCUT2D eigenvalue weighted by atomic mass is 16.5. The lowest BCUT2D eigenvalue weighted by atomic mass is 10.1. The number of esters is 1. The third-order valence-electron chi connectivity index (χ3n) is 4.16. The highest BCUT2D eigenvalue weighted by molar-refractivity contribution is 5.70. The van der Waals surface area contributed by atoms with Crippen molar-refractivity contribution in [1.29, 1.82) is 0 Å². The van der Waals surface area contributed by atoms with Crippen LogP contribution in [0, 0.1) is 0 Å². The number of hydrogen-bond acceptors (Lipinski definition) is 4. The van der Waals surface area contributed by atoms with Crippen LogP contribution in [0.2, 0.25) is 0 Å². The minimum absolute atomic E-state index is 0.102. The van der Waals surface area contributed by atoms with E-state index in [-0.39, 0.29) is 18.3 Å². The predicted octanol–water partition coefficient (Wildman–Crippen LogP) is 5.84. The van der Waals surface area contributed by atoms with E-state index in [2.05, 4.69) is 6.92 Å². The lowest BCUT2D eigenvalue weighted by molar-refractivity contribution is -0.145. The van der Waals surface area contributed by atoms with E-state index < -0.39 is 0 Å². The normalized spacial score (nSPS) is 10.7. The molecule has 4 heteroatoms. The third-order valence-corrected chi connectivity index (χ3v) is 4.16. The summed E-state index contributed by atoms with van der Waals surface area (Å²) in [7, 11) is 0. The van der Waals surface area contributed by atoms with E-state index in [0.29, 0.717) is 18.5 Å². The van der Waals surface area contributed by atoms with Gasteiger partial charge >= 0.3 is 5.97 Å². The van der Waals surface area contributed by atoms with Gasteiger partial charge in [0, 0.05) is 6.42 Å². The first kappa shape index (κ1) is 20.5. The van der Waals surface area contributed by atoms with Gasteiger partial charge in [0.15, 0.2) is 12.0 Å². The number of furan rings is 1. The zero-order valence-corrected chi connectivity index (χ0v) is 15.1. The summed E-state index contributed by atoms with van der Waals surface area (Å²) < 4.78 is 10.3. The SMILES string of the molecule is CCCCCCCCCCCCCC(=O)OCc1ccc(C=O)o1. The van der Waals surface area contributed by atoms with Crippen molar-refractivity contribution in [2.24, 2.45) is 0 Å². The van der Waals surface area contributed by atoms with E-state index in [1.54, 1.807) is 12.1 Å². The summed E-state index contributed by atoms with van der Waals surface area (Å²) in [5.74, 6) is 0.561. The molecule has 24 heavy (non-hydrogen) atoms. The minimum Gasteiger partial charge on any atom is -0.457 e. The van der Waals surface area contributed by atoms with Gasteiger partial charge in [-0.1, -0.05) is 71.1 Å². The zero-order valence-electron chi connectivity index (χ0n) is 15.1. The third kappa shape index (κ3) is 10.2. The van der Waals surface area contributed by atoms with Crippen molar-refractivity contribution in [3.63, 3.8) is 0 Å². The van der Waals surface area contributed by atoms with Crippen LogP contribution in [0.15, 0.2) is 16.5 Å². The zero-order chi connectivity index (χ0) is 17.5. The largest absolute Gasteiger partial charge is 0.457 e. The van der Waals surface area contributed by atoms with Gasteiger partial charge in [-0.05, 0) is 18.6 Å². The van der Waals surface area contributed by atoms with Crippen molar-refractivity contribution in [3.8, 4) is 0 Å². The molecule has 1 aromatic rings. The summed E-state index contributed by atoms with van der Waals surface area (Å²) in [6.45, 7) is 2.35. The molecule has 0 spiro atoms. The van der Waals surface area contributed by atoms with Gasteiger partial charge in [-0.15, -0.1) is 0 Å².